The maximum atomic E-state index is 13.2. The molecule has 0 amide bonds. The van der Waals surface area contributed by atoms with E-state index in [4.69, 9.17) is 9.47 Å². The van der Waals surface area contributed by atoms with Gasteiger partial charge in [0.25, 0.3) is 5.82 Å². The first-order chi connectivity index (χ1) is 14.0. The Morgan fingerprint density at radius 2 is 1.63 bits per heavy atom. The van der Waals surface area contributed by atoms with Crippen LogP contribution in [0.5, 0.6) is 11.5 Å². The first kappa shape index (κ1) is 21.6. The molecule has 0 unspecified atom stereocenters. The molecule has 11 heteroatoms. The first-order valence-electron chi connectivity index (χ1n) is 8.56. The van der Waals surface area contributed by atoms with Crippen LogP contribution in [-0.2, 0) is 22.6 Å². The summed E-state index contributed by atoms with van der Waals surface area (Å²) in [5.41, 5.74) is 0.908. The van der Waals surface area contributed by atoms with Crippen LogP contribution in [0.2, 0.25) is 0 Å². The van der Waals surface area contributed by atoms with E-state index in [0.29, 0.717) is 22.6 Å². The largest absolute Gasteiger partial charge is 0.493 e. The summed E-state index contributed by atoms with van der Waals surface area (Å²) in [5.74, 6) is -0.431. The van der Waals surface area contributed by atoms with Gasteiger partial charge in [-0.2, -0.15) is 13.2 Å². The van der Waals surface area contributed by atoms with E-state index in [9.17, 15) is 21.6 Å². The van der Waals surface area contributed by atoms with E-state index in [0.717, 1.165) is 10.9 Å². The average molecular weight is 441 g/mol. The molecule has 0 radical (unpaired) electrons. The number of rotatable bonds is 6. The molecule has 3 aromatic rings. The zero-order valence-electron chi connectivity index (χ0n) is 16.3. The number of aromatic nitrogens is 3. The van der Waals surface area contributed by atoms with Crippen molar-refractivity contribution in [2.75, 3.05) is 20.5 Å². The molecular weight excluding hydrogens is 423 g/mol. The van der Waals surface area contributed by atoms with E-state index in [1.807, 2.05) is 0 Å². The SMILES string of the molecule is COc1ccc(Cn2nc(C(F)(F)F)nc2-c2ccc(S(C)(=O)=O)cc2)cc1OC. The molecule has 0 aliphatic heterocycles. The average Bonchev–Trinajstić information content (AvgIpc) is 3.11. The molecule has 3 rings (SSSR count). The van der Waals surface area contributed by atoms with Crippen LogP contribution in [0.25, 0.3) is 11.4 Å². The molecule has 0 aliphatic carbocycles. The normalized spacial score (nSPS) is 12.1. The van der Waals surface area contributed by atoms with Gasteiger partial charge in [-0.25, -0.2) is 18.1 Å². The quantitative estimate of drug-likeness (QED) is 0.583. The fourth-order valence-electron chi connectivity index (χ4n) is 2.79. The van der Waals surface area contributed by atoms with Crippen molar-refractivity contribution in [2.24, 2.45) is 0 Å². The number of methoxy groups -OCH3 is 2. The van der Waals surface area contributed by atoms with Crippen LogP contribution in [-0.4, -0.2) is 43.7 Å². The highest BCUT2D eigenvalue weighted by Crippen LogP contribution is 2.31. The Morgan fingerprint density at radius 3 is 2.17 bits per heavy atom. The molecule has 2 aromatic carbocycles. The molecule has 0 fully saturated rings. The van der Waals surface area contributed by atoms with Crippen molar-refractivity contribution >= 4 is 9.84 Å². The Bertz CT molecular complexity index is 1160. The smallest absolute Gasteiger partial charge is 0.453 e. The van der Waals surface area contributed by atoms with Crippen LogP contribution in [0.15, 0.2) is 47.4 Å². The third-order valence-electron chi connectivity index (χ3n) is 4.25. The maximum Gasteiger partial charge on any atom is 0.453 e. The number of sulfone groups is 1. The van der Waals surface area contributed by atoms with Crippen LogP contribution in [0.1, 0.15) is 11.4 Å². The Balaban J connectivity index is 2.05. The molecule has 0 atom stereocenters. The lowest BCUT2D eigenvalue weighted by Gasteiger charge is -2.11. The van der Waals surface area contributed by atoms with Gasteiger partial charge in [0, 0.05) is 11.8 Å². The number of ether oxygens (including phenoxy) is 2. The van der Waals surface area contributed by atoms with Crippen molar-refractivity contribution in [3.8, 4) is 22.9 Å². The molecular formula is C19H18F3N3O4S. The van der Waals surface area contributed by atoms with E-state index in [1.165, 1.54) is 38.5 Å². The molecule has 30 heavy (non-hydrogen) atoms. The van der Waals surface area contributed by atoms with E-state index < -0.39 is 21.8 Å². The van der Waals surface area contributed by atoms with Gasteiger partial charge in [0.1, 0.15) is 0 Å². The minimum Gasteiger partial charge on any atom is -0.493 e. The van der Waals surface area contributed by atoms with Gasteiger partial charge in [-0.05, 0) is 42.0 Å². The third-order valence-corrected chi connectivity index (χ3v) is 5.37. The number of nitrogens with zero attached hydrogens (tertiary/aromatic N) is 3. The summed E-state index contributed by atoms with van der Waals surface area (Å²) in [6.07, 6.45) is -3.69. The van der Waals surface area contributed by atoms with Gasteiger partial charge in [0.15, 0.2) is 27.2 Å². The summed E-state index contributed by atoms with van der Waals surface area (Å²) in [6, 6.07) is 10.4. The second-order valence-electron chi connectivity index (χ2n) is 6.40. The predicted molar refractivity (Wildman–Crippen MR) is 102 cm³/mol. The molecule has 0 spiro atoms. The van der Waals surface area contributed by atoms with Crippen molar-refractivity contribution in [3.63, 3.8) is 0 Å². The molecule has 1 aromatic heterocycles. The highest BCUT2D eigenvalue weighted by Gasteiger charge is 2.37. The lowest BCUT2D eigenvalue weighted by atomic mass is 10.2. The maximum absolute atomic E-state index is 13.2. The summed E-state index contributed by atoms with van der Waals surface area (Å²) in [6.45, 7) is -0.0212. The summed E-state index contributed by atoms with van der Waals surface area (Å²) in [4.78, 5) is 3.69. The van der Waals surface area contributed by atoms with Crippen molar-refractivity contribution in [1.29, 1.82) is 0 Å². The molecule has 0 bridgehead atoms. The van der Waals surface area contributed by atoms with E-state index >= 15 is 0 Å². The molecule has 0 aliphatic rings. The number of halogens is 3. The molecule has 160 valence electrons. The molecule has 1 heterocycles. The summed E-state index contributed by atoms with van der Waals surface area (Å²) in [7, 11) is -0.514. The van der Waals surface area contributed by atoms with Crippen molar-refractivity contribution < 1.29 is 31.1 Å². The van der Waals surface area contributed by atoms with Crippen LogP contribution >= 0.6 is 0 Å². The minimum atomic E-state index is -4.73. The second-order valence-corrected chi connectivity index (χ2v) is 8.42. The Morgan fingerprint density at radius 1 is 1.00 bits per heavy atom. The van der Waals surface area contributed by atoms with Crippen molar-refractivity contribution in [2.45, 2.75) is 17.6 Å². The first-order valence-corrected chi connectivity index (χ1v) is 10.5. The van der Waals surface area contributed by atoms with E-state index in [-0.39, 0.29) is 17.3 Å². The van der Waals surface area contributed by atoms with Gasteiger partial charge in [-0.1, -0.05) is 6.07 Å². The third kappa shape index (κ3) is 4.56. The van der Waals surface area contributed by atoms with Crippen LogP contribution in [0, 0.1) is 0 Å². The summed E-state index contributed by atoms with van der Waals surface area (Å²) in [5, 5.41) is 3.61. The van der Waals surface area contributed by atoms with Gasteiger partial charge < -0.3 is 9.47 Å². The topological polar surface area (TPSA) is 83.3 Å². The zero-order valence-corrected chi connectivity index (χ0v) is 17.1. The molecule has 0 saturated heterocycles. The van der Waals surface area contributed by atoms with Crippen LogP contribution in [0.3, 0.4) is 0 Å². The Kier molecular flexibility index (Phi) is 5.75. The van der Waals surface area contributed by atoms with Crippen molar-refractivity contribution in [1.82, 2.24) is 14.8 Å². The second kappa shape index (κ2) is 7.98. The highest BCUT2D eigenvalue weighted by atomic mass is 32.2. The zero-order chi connectivity index (χ0) is 22.1. The Labute approximate surface area is 171 Å². The van der Waals surface area contributed by atoms with E-state index in [2.05, 4.69) is 10.1 Å². The van der Waals surface area contributed by atoms with Crippen molar-refractivity contribution in [3.05, 3.63) is 53.9 Å². The van der Waals surface area contributed by atoms with Gasteiger partial charge in [-0.15, -0.1) is 5.10 Å². The van der Waals surface area contributed by atoms with Gasteiger partial charge in [-0.3, -0.25) is 0 Å². The lowest BCUT2D eigenvalue weighted by molar-refractivity contribution is -0.144. The fourth-order valence-corrected chi connectivity index (χ4v) is 3.42. The van der Waals surface area contributed by atoms with Crippen LogP contribution in [0.4, 0.5) is 13.2 Å². The minimum absolute atomic E-state index is 0.0212. The molecule has 0 N–H and O–H groups in total. The number of hydrogen-bond donors (Lipinski definition) is 0. The van der Waals surface area contributed by atoms with Gasteiger partial charge in [0.05, 0.1) is 25.7 Å². The Hall–Kier alpha value is -3.08. The number of benzene rings is 2. The van der Waals surface area contributed by atoms with Gasteiger partial charge >= 0.3 is 6.18 Å². The van der Waals surface area contributed by atoms with Gasteiger partial charge in [0.2, 0.25) is 0 Å². The molecule has 0 saturated carbocycles. The number of hydrogen-bond acceptors (Lipinski definition) is 6. The predicted octanol–water partition coefficient (Wildman–Crippen LogP) is 3.43. The van der Waals surface area contributed by atoms with Crippen LogP contribution < -0.4 is 9.47 Å². The highest BCUT2D eigenvalue weighted by molar-refractivity contribution is 7.90. The monoisotopic (exact) mass is 441 g/mol. The molecule has 7 nitrogen and oxygen atoms in total. The van der Waals surface area contributed by atoms with E-state index in [1.54, 1.807) is 18.2 Å². The number of alkyl halides is 3. The standard InChI is InChI=1S/C19H18F3N3O4S/c1-28-15-9-4-12(10-16(15)29-2)11-25-17(23-18(24-25)19(20,21)22)13-5-7-14(8-6-13)30(3,26)27/h4-10H,11H2,1-3H3. The summed E-state index contributed by atoms with van der Waals surface area (Å²) >= 11 is 0. The lowest BCUT2D eigenvalue weighted by Crippen LogP contribution is -2.09. The fraction of sp³-hybridized carbons (Fsp3) is 0.263. The summed E-state index contributed by atoms with van der Waals surface area (Å²) < 4.78 is 74.4.